The van der Waals surface area contributed by atoms with E-state index in [1.807, 2.05) is 24.3 Å². The third-order valence-electron chi connectivity index (χ3n) is 3.04. The number of hydrogen-bond donors (Lipinski definition) is 3. The van der Waals surface area contributed by atoms with Gasteiger partial charge in [0.1, 0.15) is 12.2 Å². The van der Waals surface area contributed by atoms with Crippen LogP contribution in [0.1, 0.15) is 18.6 Å². The fourth-order valence-corrected chi connectivity index (χ4v) is 2.93. The monoisotopic (exact) mass is 281 g/mol. The molecule has 0 aliphatic rings. The van der Waals surface area contributed by atoms with E-state index in [2.05, 4.69) is 25.0 Å². The van der Waals surface area contributed by atoms with E-state index >= 15 is 0 Å². The number of aliphatic hydroxyl groups excluding tert-OH is 2. The zero-order valence-electron chi connectivity index (χ0n) is 12.0. The van der Waals surface area contributed by atoms with Crippen LogP contribution in [-0.2, 0) is 4.79 Å². The predicted octanol–water partition coefficient (Wildman–Crippen LogP) is 0.762. The lowest BCUT2D eigenvalue weighted by Crippen LogP contribution is -2.38. The molecule has 1 amide bonds. The van der Waals surface area contributed by atoms with E-state index in [1.165, 1.54) is 12.1 Å². The summed E-state index contributed by atoms with van der Waals surface area (Å²) in [6, 6.07) is 7.70. The van der Waals surface area contributed by atoms with Crippen LogP contribution in [-0.4, -0.2) is 36.8 Å². The largest absolute Gasteiger partial charge is 0.388 e. The molecule has 3 N–H and O–H groups in total. The maximum absolute atomic E-state index is 10.8. The highest BCUT2D eigenvalue weighted by atomic mass is 28.3. The lowest BCUT2D eigenvalue weighted by molar-refractivity contribution is -0.119. The van der Waals surface area contributed by atoms with Gasteiger partial charge in [0, 0.05) is 13.5 Å². The van der Waals surface area contributed by atoms with Gasteiger partial charge in [0.05, 0.1) is 8.07 Å². The predicted molar refractivity (Wildman–Crippen MR) is 79.1 cm³/mol. The number of carbonyl (C=O) groups is 1. The number of rotatable bonds is 5. The van der Waals surface area contributed by atoms with E-state index in [0.29, 0.717) is 5.56 Å². The lowest BCUT2D eigenvalue weighted by Gasteiger charge is -2.21. The van der Waals surface area contributed by atoms with Gasteiger partial charge in [-0.15, -0.1) is 0 Å². The van der Waals surface area contributed by atoms with Gasteiger partial charge in [-0.2, -0.15) is 0 Å². The highest BCUT2D eigenvalue weighted by molar-refractivity contribution is 6.88. The van der Waals surface area contributed by atoms with Gasteiger partial charge in [0.25, 0.3) is 0 Å². The second kappa shape index (κ2) is 6.32. The number of nitrogens with one attached hydrogen (secondary N) is 1. The third-order valence-corrected chi connectivity index (χ3v) is 5.11. The second-order valence-electron chi connectivity index (χ2n) is 5.82. The van der Waals surface area contributed by atoms with Gasteiger partial charge in [0.15, 0.2) is 0 Å². The van der Waals surface area contributed by atoms with Gasteiger partial charge >= 0.3 is 0 Å². The molecule has 106 valence electrons. The van der Waals surface area contributed by atoms with Crippen LogP contribution in [0, 0.1) is 0 Å². The van der Waals surface area contributed by atoms with E-state index < -0.39 is 20.3 Å². The molecule has 0 aromatic heterocycles. The minimum Gasteiger partial charge on any atom is -0.388 e. The van der Waals surface area contributed by atoms with Crippen molar-refractivity contribution in [3.05, 3.63) is 29.8 Å². The van der Waals surface area contributed by atoms with Gasteiger partial charge in [-0.05, 0) is 5.56 Å². The van der Waals surface area contributed by atoms with Gasteiger partial charge in [0.2, 0.25) is 5.91 Å². The van der Waals surface area contributed by atoms with Crippen LogP contribution in [0.5, 0.6) is 0 Å². The summed E-state index contributed by atoms with van der Waals surface area (Å²) < 4.78 is 0. The Labute approximate surface area is 115 Å². The molecule has 0 bridgehead atoms. The van der Waals surface area contributed by atoms with Crippen LogP contribution in [0.15, 0.2) is 24.3 Å². The molecule has 0 fully saturated rings. The lowest BCUT2D eigenvalue weighted by atomic mass is 10.0. The third kappa shape index (κ3) is 4.78. The molecular formula is C14H23NO3Si. The molecule has 1 rings (SSSR count). The van der Waals surface area contributed by atoms with Gasteiger partial charge in [-0.1, -0.05) is 49.1 Å². The van der Waals surface area contributed by atoms with Crippen LogP contribution in [0.2, 0.25) is 19.6 Å². The minimum atomic E-state index is -1.35. The fourth-order valence-electron chi connectivity index (χ4n) is 1.76. The molecule has 0 saturated heterocycles. The standard InChI is InChI=1S/C14H23NO3Si/c1-10(16)15-9-13(17)14(18)11-5-7-12(8-6-11)19(2,3)4/h5-8,13-14,17-18H,9H2,1-4H3,(H,15,16). The van der Waals surface area contributed by atoms with Crippen LogP contribution in [0.25, 0.3) is 0 Å². The van der Waals surface area contributed by atoms with Crippen molar-refractivity contribution in [1.29, 1.82) is 0 Å². The molecule has 0 radical (unpaired) electrons. The molecule has 4 nitrogen and oxygen atoms in total. The average Bonchev–Trinajstić information content (AvgIpc) is 2.34. The normalized spacial score (nSPS) is 14.8. The summed E-state index contributed by atoms with van der Waals surface area (Å²) in [5, 5.41) is 23.6. The quantitative estimate of drug-likeness (QED) is 0.698. The Morgan fingerprint density at radius 1 is 1.21 bits per heavy atom. The Morgan fingerprint density at radius 3 is 2.16 bits per heavy atom. The van der Waals surface area contributed by atoms with Gasteiger partial charge in [-0.25, -0.2) is 0 Å². The maximum atomic E-state index is 10.8. The SMILES string of the molecule is CC(=O)NCC(O)C(O)c1ccc([Si](C)(C)C)cc1. The summed E-state index contributed by atoms with van der Waals surface area (Å²) in [6.07, 6.45) is -1.98. The first kappa shape index (κ1) is 15.9. The first-order chi connectivity index (χ1) is 8.71. The first-order valence-electron chi connectivity index (χ1n) is 6.43. The molecule has 0 aliphatic carbocycles. The Bertz CT molecular complexity index is 425. The van der Waals surface area contributed by atoms with E-state index in [4.69, 9.17) is 0 Å². The molecule has 5 heteroatoms. The van der Waals surface area contributed by atoms with E-state index in [0.717, 1.165) is 0 Å². The zero-order chi connectivity index (χ0) is 14.6. The van der Waals surface area contributed by atoms with E-state index in [9.17, 15) is 15.0 Å². The van der Waals surface area contributed by atoms with Crippen molar-refractivity contribution >= 4 is 19.2 Å². The van der Waals surface area contributed by atoms with Crippen molar-refractivity contribution < 1.29 is 15.0 Å². The number of aliphatic hydroxyl groups is 2. The number of benzene rings is 1. The fraction of sp³-hybridized carbons (Fsp3) is 0.500. The smallest absolute Gasteiger partial charge is 0.216 e. The first-order valence-corrected chi connectivity index (χ1v) is 9.93. The van der Waals surface area contributed by atoms with Crippen molar-refractivity contribution in [2.24, 2.45) is 0 Å². The highest BCUT2D eigenvalue weighted by Crippen LogP contribution is 2.16. The summed E-state index contributed by atoms with van der Waals surface area (Å²) >= 11 is 0. The van der Waals surface area contributed by atoms with Crippen molar-refractivity contribution in [3.8, 4) is 0 Å². The number of carbonyl (C=O) groups excluding carboxylic acids is 1. The van der Waals surface area contributed by atoms with Crippen LogP contribution < -0.4 is 10.5 Å². The topological polar surface area (TPSA) is 69.6 Å². The molecule has 0 aliphatic heterocycles. The van der Waals surface area contributed by atoms with Crippen molar-refractivity contribution in [1.82, 2.24) is 5.32 Å². The van der Waals surface area contributed by atoms with Crippen LogP contribution >= 0.6 is 0 Å². The summed E-state index contributed by atoms with van der Waals surface area (Å²) in [4.78, 5) is 10.8. The van der Waals surface area contributed by atoms with Gasteiger partial charge < -0.3 is 15.5 Å². The molecule has 2 atom stereocenters. The minimum absolute atomic E-state index is 0.0479. The molecule has 2 unspecified atom stereocenters. The van der Waals surface area contributed by atoms with Crippen molar-refractivity contribution in [2.45, 2.75) is 38.8 Å². The maximum Gasteiger partial charge on any atom is 0.216 e. The average molecular weight is 281 g/mol. The molecule has 0 saturated carbocycles. The number of hydrogen-bond acceptors (Lipinski definition) is 3. The highest BCUT2D eigenvalue weighted by Gasteiger charge is 2.20. The van der Waals surface area contributed by atoms with Crippen molar-refractivity contribution in [3.63, 3.8) is 0 Å². The van der Waals surface area contributed by atoms with Crippen LogP contribution in [0.4, 0.5) is 0 Å². The molecule has 19 heavy (non-hydrogen) atoms. The Morgan fingerprint density at radius 2 is 1.74 bits per heavy atom. The summed E-state index contributed by atoms with van der Waals surface area (Å²) in [5.74, 6) is -0.222. The van der Waals surface area contributed by atoms with Gasteiger partial charge in [-0.3, -0.25) is 4.79 Å². The molecule has 1 aromatic rings. The Kier molecular flexibility index (Phi) is 5.28. The van der Waals surface area contributed by atoms with Crippen LogP contribution in [0.3, 0.4) is 0 Å². The summed E-state index contributed by atoms with van der Waals surface area (Å²) in [7, 11) is -1.35. The zero-order valence-corrected chi connectivity index (χ0v) is 13.0. The van der Waals surface area contributed by atoms with E-state index in [1.54, 1.807) is 0 Å². The molecule has 0 spiro atoms. The Hall–Kier alpha value is -1.17. The number of amides is 1. The summed E-state index contributed by atoms with van der Waals surface area (Å²) in [5.41, 5.74) is 0.667. The second-order valence-corrected chi connectivity index (χ2v) is 10.9. The van der Waals surface area contributed by atoms with E-state index in [-0.39, 0.29) is 12.5 Å². The molecular weight excluding hydrogens is 258 g/mol. The Balaban J connectivity index is 2.72. The molecule has 1 aromatic carbocycles. The molecule has 0 heterocycles. The van der Waals surface area contributed by atoms with Crippen molar-refractivity contribution in [2.75, 3.05) is 6.54 Å². The summed E-state index contributed by atoms with van der Waals surface area (Å²) in [6.45, 7) is 8.19.